The van der Waals surface area contributed by atoms with Gasteiger partial charge in [0.25, 0.3) is 0 Å². The Labute approximate surface area is 139 Å². The van der Waals surface area contributed by atoms with Crippen LogP contribution in [0, 0.1) is 6.92 Å². The Kier molecular flexibility index (Phi) is 3.56. The molecule has 0 radical (unpaired) electrons. The Bertz CT molecular complexity index is 1030. The molecule has 4 heteroatoms. The van der Waals surface area contributed by atoms with Gasteiger partial charge in [-0.3, -0.25) is 4.98 Å². The maximum Gasteiger partial charge on any atom is 0.0682 e. The first-order valence-corrected chi connectivity index (χ1v) is 7.91. The average molecular weight is 318 g/mol. The van der Waals surface area contributed by atoms with E-state index in [1.807, 2.05) is 37.4 Å². The van der Waals surface area contributed by atoms with Crippen LogP contribution in [0.5, 0.6) is 0 Å². The quantitative estimate of drug-likeness (QED) is 0.540. The van der Waals surface area contributed by atoms with Gasteiger partial charge in [0, 0.05) is 22.5 Å². The Balaban J connectivity index is 1.95. The number of nitrogens with one attached hydrogen (secondary N) is 1. The molecule has 0 spiro atoms. The summed E-state index contributed by atoms with van der Waals surface area (Å²) >= 11 is 0. The van der Waals surface area contributed by atoms with Crippen LogP contribution < -0.4 is 0 Å². The van der Waals surface area contributed by atoms with Gasteiger partial charge in [0.05, 0.1) is 24.4 Å². The highest BCUT2D eigenvalue weighted by Gasteiger charge is 2.09. The average Bonchev–Trinajstić information content (AvgIpc) is 3.00. The van der Waals surface area contributed by atoms with Crippen molar-refractivity contribution in [3.05, 3.63) is 65.5 Å². The molecular weight excluding hydrogens is 300 g/mol. The van der Waals surface area contributed by atoms with Crippen LogP contribution in [0.15, 0.2) is 48.7 Å². The summed E-state index contributed by atoms with van der Waals surface area (Å²) in [7, 11) is 0. The normalized spacial score (nSPS) is 11.5. The van der Waals surface area contributed by atoms with Gasteiger partial charge < -0.3 is 15.2 Å². The van der Waals surface area contributed by atoms with Gasteiger partial charge >= 0.3 is 0 Å². The molecule has 2 heterocycles. The SMILES string of the molecule is Cc1nccc2c1[nH]c1ccc(-c3cc(CO)cc(CO)c3)cc12. The number of aryl methyl sites for hydroxylation is 1. The van der Waals surface area contributed by atoms with Crippen molar-refractivity contribution in [2.24, 2.45) is 0 Å². The summed E-state index contributed by atoms with van der Waals surface area (Å²) < 4.78 is 0. The lowest BCUT2D eigenvalue weighted by Gasteiger charge is -2.08. The second-order valence-electron chi connectivity index (χ2n) is 6.06. The highest BCUT2D eigenvalue weighted by atomic mass is 16.3. The van der Waals surface area contributed by atoms with Crippen LogP contribution in [-0.4, -0.2) is 20.2 Å². The van der Waals surface area contributed by atoms with Crippen LogP contribution in [-0.2, 0) is 13.2 Å². The van der Waals surface area contributed by atoms with Crippen molar-refractivity contribution < 1.29 is 10.2 Å². The standard InChI is InChI=1S/C20H18N2O2/c1-12-20-17(4-5-21-12)18-9-15(2-3-19(18)22-20)16-7-13(10-23)6-14(8-16)11-24/h2-9,22-24H,10-11H2,1H3. The largest absolute Gasteiger partial charge is 0.392 e. The Hall–Kier alpha value is -2.69. The molecule has 120 valence electrons. The Morgan fingerprint density at radius 2 is 1.62 bits per heavy atom. The molecule has 0 fully saturated rings. The second kappa shape index (κ2) is 5.74. The van der Waals surface area contributed by atoms with Crippen LogP contribution in [0.2, 0.25) is 0 Å². The number of aliphatic hydroxyl groups excluding tert-OH is 2. The van der Waals surface area contributed by atoms with E-state index in [1.165, 1.54) is 0 Å². The van der Waals surface area contributed by atoms with Crippen molar-refractivity contribution in [1.82, 2.24) is 9.97 Å². The zero-order valence-corrected chi connectivity index (χ0v) is 13.4. The topological polar surface area (TPSA) is 69.1 Å². The molecule has 2 aromatic carbocycles. The molecule has 0 aliphatic carbocycles. The number of benzene rings is 2. The van der Waals surface area contributed by atoms with Crippen molar-refractivity contribution in [3.63, 3.8) is 0 Å². The fourth-order valence-electron chi connectivity index (χ4n) is 3.25. The van der Waals surface area contributed by atoms with Crippen LogP contribution >= 0.6 is 0 Å². The smallest absolute Gasteiger partial charge is 0.0682 e. The van der Waals surface area contributed by atoms with E-state index in [4.69, 9.17) is 0 Å². The monoisotopic (exact) mass is 318 g/mol. The highest BCUT2D eigenvalue weighted by molar-refractivity contribution is 6.09. The molecule has 4 aromatic rings. The van der Waals surface area contributed by atoms with E-state index in [1.54, 1.807) is 0 Å². The van der Waals surface area contributed by atoms with E-state index >= 15 is 0 Å². The number of aromatic nitrogens is 2. The van der Waals surface area contributed by atoms with E-state index in [2.05, 4.69) is 28.2 Å². The van der Waals surface area contributed by atoms with Crippen molar-refractivity contribution >= 4 is 21.8 Å². The molecule has 0 saturated heterocycles. The molecule has 0 aliphatic rings. The van der Waals surface area contributed by atoms with Gasteiger partial charge in [0.15, 0.2) is 0 Å². The van der Waals surface area contributed by atoms with Crippen LogP contribution in [0.1, 0.15) is 16.8 Å². The summed E-state index contributed by atoms with van der Waals surface area (Å²) in [6.07, 6.45) is 1.83. The van der Waals surface area contributed by atoms with E-state index in [0.29, 0.717) is 0 Å². The van der Waals surface area contributed by atoms with Crippen LogP contribution in [0.3, 0.4) is 0 Å². The third-order valence-electron chi connectivity index (χ3n) is 4.46. The van der Waals surface area contributed by atoms with E-state index in [9.17, 15) is 10.2 Å². The van der Waals surface area contributed by atoms with Gasteiger partial charge in [0.1, 0.15) is 0 Å². The number of rotatable bonds is 3. The lowest BCUT2D eigenvalue weighted by molar-refractivity contribution is 0.275. The molecule has 4 rings (SSSR count). The maximum atomic E-state index is 9.45. The maximum absolute atomic E-state index is 9.45. The van der Waals surface area contributed by atoms with Crippen molar-refractivity contribution in [3.8, 4) is 11.1 Å². The van der Waals surface area contributed by atoms with Crippen molar-refractivity contribution in [1.29, 1.82) is 0 Å². The first-order valence-electron chi connectivity index (χ1n) is 7.91. The minimum Gasteiger partial charge on any atom is -0.392 e. The second-order valence-corrected chi connectivity index (χ2v) is 6.06. The first kappa shape index (κ1) is 14.9. The molecule has 0 unspecified atom stereocenters. The molecule has 4 nitrogen and oxygen atoms in total. The van der Waals surface area contributed by atoms with E-state index < -0.39 is 0 Å². The molecule has 0 amide bonds. The number of fused-ring (bicyclic) bond motifs is 3. The first-order chi connectivity index (χ1) is 11.7. The zero-order chi connectivity index (χ0) is 16.7. The van der Waals surface area contributed by atoms with Crippen molar-refractivity contribution in [2.45, 2.75) is 20.1 Å². The molecular formula is C20H18N2O2. The summed E-state index contributed by atoms with van der Waals surface area (Å²) in [4.78, 5) is 7.77. The van der Waals surface area contributed by atoms with Gasteiger partial charge in [-0.15, -0.1) is 0 Å². The summed E-state index contributed by atoms with van der Waals surface area (Å²) in [5.41, 5.74) is 6.77. The fraction of sp³-hybridized carbons (Fsp3) is 0.150. The molecule has 0 saturated carbocycles. The number of H-pyrrole nitrogens is 1. The fourth-order valence-corrected chi connectivity index (χ4v) is 3.25. The van der Waals surface area contributed by atoms with Gasteiger partial charge in [-0.2, -0.15) is 0 Å². The van der Waals surface area contributed by atoms with Gasteiger partial charge in [-0.25, -0.2) is 0 Å². The number of hydrogen-bond donors (Lipinski definition) is 3. The number of pyridine rings is 1. The van der Waals surface area contributed by atoms with Crippen molar-refractivity contribution in [2.75, 3.05) is 0 Å². The molecule has 0 aliphatic heterocycles. The Morgan fingerprint density at radius 1 is 0.875 bits per heavy atom. The lowest BCUT2D eigenvalue weighted by Crippen LogP contribution is -1.91. The zero-order valence-electron chi connectivity index (χ0n) is 13.4. The summed E-state index contributed by atoms with van der Waals surface area (Å²) in [6.45, 7) is 1.92. The number of hydrogen-bond acceptors (Lipinski definition) is 3. The van der Waals surface area contributed by atoms with E-state index in [0.717, 1.165) is 49.8 Å². The summed E-state index contributed by atoms with van der Waals surface area (Å²) in [6, 6.07) is 14.0. The summed E-state index contributed by atoms with van der Waals surface area (Å²) in [5.74, 6) is 0. The number of aromatic amines is 1. The number of nitrogens with zero attached hydrogens (tertiary/aromatic N) is 1. The molecule has 0 atom stereocenters. The highest BCUT2D eigenvalue weighted by Crippen LogP contribution is 2.31. The number of aliphatic hydroxyl groups is 2. The molecule has 2 aromatic heterocycles. The third kappa shape index (κ3) is 2.37. The molecule has 24 heavy (non-hydrogen) atoms. The van der Waals surface area contributed by atoms with Gasteiger partial charge in [-0.1, -0.05) is 12.1 Å². The van der Waals surface area contributed by atoms with Crippen LogP contribution in [0.25, 0.3) is 32.9 Å². The van der Waals surface area contributed by atoms with Gasteiger partial charge in [0.2, 0.25) is 0 Å². The summed E-state index contributed by atoms with van der Waals surface area (Å²) in [5, 5.41) is 21.2. The minimum absolute atomic E-state index is 0.0406. The predicted molar refractivity (Wildman–Crippen MR) is 95.6 cm³/mol. The molecule has 3 N–H and O–H groups in total. The third-order valence-corrected chi connectivity index (χ3v) is 4.46. The van der Waals surface area contributed by atoms with Gasteiger partial charge in [-0.05, 0) is 59.5 Å². The Morgan fingerprint density at radius 3 is 2.33 bits per heavy atom. The predicted octanol–water partition coefficient (Wildman–Crippen LogP) is 3.68. The minimum atomic E-state index is -0.0406. The van der Waals surface area contributed by atoms with Crippen LogP contribution in [0.4, 0.5) is 0 Å². The van der Waals surface area contributed by atoms with E-state index in [-0.39, 0.29) is 13.2 Å². The molecule has 0 bridgehead atoms. The lowest BCUT2D eigenvalue weighted by atomic mass is 9.98.